The molecule has 0 radical (unpaired) electrons. The highest BCUT2D eigenvalue weighted by Crippen LogP contribution is 2.42. The number of halogens is 2. The third-order valence-corrected chi connectivity index (χ3v) is 5.47. The molecule has 1 atom stereocenters. The summed E-state index contributed by atoms with van der Waals surface area (Å²) in [6.07, 6.45) is 1.08. The van der Waals surface area contributed by atoms with Gasteiger partial charge >= 0.3 is 0 Å². The molecule has 1 N–H and O–H groups in total. The number of rotatable bonds is 2. The van der Waals surface area contributed by atoms with E-state index in [2.05, 4.69) is 73.5 Å². The van der Waals surface area contributed by atoms with Gasteiger partial charge in [-0.25, -0.2) is 0 Å². The van der Waals surface area contributed by atoms with Crippen LogP contribution in [0.4, 0.5) is 0 Å². The third kappa shape index (κ3) is 3.94. The minimum atomic E-state index is 0. The maximum Gasteiger partial charge on any atom is 0.0397 e. The van der Waals surface area contributed by atoms with Gasteiger partial charge in [-0.3, -0.25) is 4.90 Å². The van der Waals surface area contributed by atoms with Crippen molar-refractivity contribution in [2.24, 2.45) is 5.41 Å². The van der Waals surface area contributed by atoms with E-state index in [9.17, 15) is 0 Å². The number of nitrogens with zero attached hydrogens (tertiary/aromatic N) is 1. The molecule has 142 valence electrons. The smallest absolute Gasteiger partial charge is 0.0397 e. The summed E-state index contributed by atoms with van der Waals surface area (Å²) < 4.78 is 0. The Morgan fingerprint density at radius 2 is 1.54 bits per heavy atom. The van der Waals surface area contributed by atoms with Crippen molar-refractivity contribution in [2.45, 2.75) is 33.2 Å². The molecule has 2 nitrogen and oxygen atoms in total. The highest BCUT2D eigenvalue weighted by atomic mass is 35.5. The molecule has 1 aliphatic carbocycles. The third-order valence-electron chi connectivity index (χ3n) is 5.47. The normalized spacial score (nSPS) is 17.5. The zero-order valence-corrected chi connectivity index (χ0v) is 17.6. The molecular formula is C22H30Cl2N2. The van der Waals surface area contributed by atoms with Crippen molar-refractivity contribution in [3.8, 4) is 11.1 Å². The van der Waals surface area contributed by atoms with Crippen molar-refractivity contribution in [1.82, 2.24) is 10.2 Å². The molecule has 0 amide bonds. The minimum absolute atomic E-state index is 0. The van der Waals surface area contributed by atoms with Gasteiger partial charge < -0.3 is 5.32 Å². The molecule has 1 fully saturated rings. The zero-order chi connectivity index (χ0) is 16.7. The summed E-state index contributed by atoms with van der Waals surface area (Å²) in [6.45, 7) is 11.6. The van der Waals surface area contributed by atoms with E-state index in [1.807, 2.05) is 0 Å². The van der Waals surface area contributed by atoms with Gasteiger partial charge in [-0.1, -0.05) is 63.2 Å². The SMILES string of the molecule is CC(C)(C)[C@@H](c1ccc2c(c1)Cc1ccccc1-2)N1CCNCC1.Cl.Cl. The molecule has 1 aliphatic heterocycles. The molecule has 26 heavy (non-hydrogen) atoms. The van der Waals surface area contributed by atoms with Crippen LogP contribution in [0.2, 0.25) is 0 Å². The van der Waals surface area contributed by atoms with Crippen LogP contribution in [-0.4, -0.2) is 31.1 Å². The van der Waals surface area contributed by atoms with E-state index in [-0.39, 0.29) is 30.2 Å². The molecule has 4 rings (SSSR count). The van der Waals surface area contributed by atoms with E-state index in [0.29, 0.717) is 6.04 Å². The van der Waals surface area contributed by atoms with Gasteiger partial charge in [-0.2, -0.15) is 0 Å². The molecule has 1 saturated heterocycles. The second-order valence-electron chi connectivity index (χ2n) is 8.31. The molecular weight excluding hydrogens is 363 g/mol. The van der Waals surface area contributed by atoms with Gasteiger partial charge in [0, 0.05) is 32.2 Å². The molecule has 2 aliphatic rings. The summed E-state index contributed by atoms with van der Waals surface area (Å²) in [7, 11) is 0. The van der Waals surface area contributed by atoms with Crippen LogP contribution < -0.4 is 5.32 Å². The van der Waals surface area contributed by atoms with E-state index >= 15 is 0 Å². The molecule has 2 aromatic carbocycles. The topological polar surface area (TPSA) is 15.3 Å². The van der Waals surface area contributed by atoms with Crippen molar-refractivity contribution in [3.05, 3.63) is 59.2 Å². The lowest BCUT2D eigenvalue weighted by molar-refractivity contribution is 0.0862. The quantitative estimate of drug-likeness (QED) is 0.652. The molecule has 2 aromatic rings. The summed E-state index contributed by atoms with van der Waals surface area (Å²) in [5.41, 5.74) is 7.54. The number of fused-ring (bicyclic) bond motifs is 3. The largest absolute Gasteiger partial charge is 0.314 e. The number of nitrogens with one attached hydrogen (secondary N) is 1. The first-order valence-electron chi connectivity index (χ1n) is 9.20. The van der Waals surface area contributed by atoms with E-state index in [0.717, 1.165) is 32.6 Å². The van der Waals surface area contributed by atoms with Crippen molar-refractivity contribution in [1.29, 1.82) is 0 Å². The zero-order valence-electron chi connectivity index (χ0n) is 15.9. The van der Waals surface area contributed by atoms with Crippen molar-refractivity contribution in [2.75, 3.05) is 26.2 Å². The van der Waals surface area contributed by atoms with Crippen LogP contribution in [0.25, 0.3) is 11.1 Å². The summed E-state index contributed by atoms with van der Waals surface area (Å²) >= 11 is 0. The Balaban J connectivity index is 0.00000121. The Kier molecular flexibility index (Phi) is 6.79. The van der Waals surface area contributed by atoms with Crippen LogP contribution in [0.5, 0.6) is 0 Å². The average Bonchev–Trinajstić information content (AvgIpc) is 2.92. The lowest BCUT2D eigenvalue weighted by Gasteiger charge is -2.42. The predicted octanol–water partition coefficient (Wildman–Crippen LogP) is 5.09. The first-order chi connectivity index (χ1) is 11.5. The fourth-order valence-corrected chi connectivity index (χ4v) is 4.53. The molecule has 0 spiro atoms. The first kappa shape index (κ1) is 21.2. The molecule has 4 heteroatoms. The van der Waals surface area contributed by atoms with E-state index in [1.54, 1.807) is 0 Å². The lowest BCUT2D eigenvalue weighted by atomic mass is 9.80. The van der Waals surface area contributed by atoms with Crippen molar-refractivity contribution in [3.63, 3.8) is 0 Å². The predicted molar refractivity (Wildman–Crippen MR) is 116 cm³/mol. The van der Waals surface area contributed by atoms with Crippen molar-refractivity contribution >= 4 is 24.8 Å². The molecule has 0 saturated carbocycles. The van der Waals surface area contributed by atoms with Crippen LogP contribution >= 0.6 is 24.8 Å². The van der Waals surface area contributed by atoms with Gasteiger partial charge in [-0.05, 0) is 39.7 Å². The van der Waals surface area contributed by atoms with Gasteiger partial charge in [0.2, 0.25) is 0 Å². The monoisotopic (exact) mass is 392 g/mol. The van der Waals surface area contributed by atoms with E-state index in [4.69, 9.17) is 0 Å². The Labute approximate surface area is 170 Å². The van der Waals surface area contributed by atoms with Crippen LogP contribution in [-0.2, 0) is 6.42 Å². The van der Waals surface area contributed by atoms with Gasteiger partial charge in [0.05, 0.1) is 0 Å². The number of hydrogen-bond donors (Lipinski definition) is 1. The maximum absolute atomic E-state index is 3.48. The van der Waals surface area contributed by atoms with E-state index in [1.165, 1.54) is 27.8 Å². The van der Waals surface area contributed by atoms with Gasteiger partial charge in [0.1, 0.15) is 0 Å². The average molecular weight is 393 g/mol. The Morgan fingerprint density at radius 1 is 0.885 bits per heavy atom. The molecule has 0 aromatic heterocycles. The molecule has 0 unspecified atom stereocenters. The highest BCUT2D eigenvalue weighted by Gasteiger charge is 2.33. The summed E-state index contributed by atoms with van der Waals surface area (Å²) in [6, 6.07) is 16.5. The fraction of sp³-hybridized carbons (Fsp3) is 0.455. The van der Waals surface area contributed by atoms with Gasteiger partial charge in [-0.15, -0.1) is 24.8 Å². The summed E-state index contributed by atoms with van der Waals surface area (Å²) in [4.78, 5) is 2.67. The summed E-state index contributed by atoms with van der Waals surface area (Å²) in [5, 5.41) is 3.48. The second-order valence-corrected chi connectivity index (χ2v) is 8.31. The first-order valence-corrected chi connectivity index (χ1v) is 9.20. The van der Waals surface area contributed by atoms with Crippen LogP contribution in [0.15, 0.2) is 42.5 Å². The van der Waals surface area contributed by atoms with Crippen LogP contribution in [0.3, 0.4) is 0 Å². The van der Waals surface area contributed by atoms with Crippen LogP contribution in [0.1, 0.15) is 43.5 Å². The standard InChI is InChI=1S/C22H28N2.2ClH/c1-22(2,3)21(24-12-10-23-11-13-24)17-8-9-20-18(15-17)14-16-6-4-5-7-19(16)20;;/h4-9,15,21,23H,10-14H2,1-3H3;2*1H/t21-;;/m1../s1. The highest BCUT2D eigenvalue weighted by molar-refractivity contribution is 5.85. The summed E-state index contributed by atoms with van der Waals surface area (Å²) in [5.74, 6) is 0. The van der Waals surface area contributed by atoms with Crippen LogP contribution in [0, 0.1) is 5.41 Å². The van der Waals surface area contributed by atoms with E-state index < -0.39 is 0 Å². The van der Waals surface area contributed by atoms with Gasteiger partial charge in [0.15, 0.2) is 0 Å². The minimum Gasteiger partial charge on any atom is -0.314 e. The van der Waals surface area contributed by atoms with Gasteiger partial charge in [0.25, 0.3) is 0 Å². The molecule has 0 bridgehead atoms. The Bertz CT molecular complexity index is 746. The number of piperazine rings is 1. The Hall–Kier alpha value is -1.06. The number of benzene rings is 2. The Morgan fingerprint density at radius 3 is 2.23 bits per heavy atom. The fourth-order valence-electron chi connectivity index (χ4n) is 4.53. The lowest BCUT2D eigenvalue weighted by Crippen LogP contribution is -2.48. The number of hydrogen-bond acceptors (Lipinski definition) is 2. The second kappa shape index (κ2) is 8.31. The maximum atomic E-state index is 3.48. The van der Waals surface area contributed by atoms with Crippen molar-refractivity contribution < 1.29 is 0 Å². The molecule has 1 heterocycles.